The van der Waals surface area contributed by atoms with E-state index < -0.39 is 0 Å². The molecule has 1 aliphatic heterocycles. The van der Waals surface area contributed by atoms with Crippen LogP contribution in [0.3, 0.4) is 0 Å². The molecule has 1 saturated heterocycles. The Hall–Kier alpha value is -0.860. The number of hydrogen-bond acceptors (Lipinski definition) is 2. The molecule has 2 N–H and O–H groups in total. The molecule has 0 radical (unpaired) electrons. The summed E-state index contributed by atoms with van der Waals surface area (Å²) in [5.74, 6) is 0.947. The predicted octanol–water partition coefficient (Wildman–Crippen LogP) is 3.59. The van der Waals surface area contributed by atoms with E-state index in [1.807, 2.05) is 0 Å². The van der Waals surface area contributed by atoms with Crippen LogP contribution in [0.5, 0.6) is 0 Å². The van der Waals surface area contributed by atoms with E-state index in [0.29, 0.717) is 0 Å². The third-order valence-electron chi connectivity index (χ3n) is 4.32. The van der Waals surface area contributed by atoms with Gasteiger partial charge < -0.3 is 10.6 Å². The molecule has 1 fully saturated rings. The Morgan fingerprint density at radius 1 is 1.21 bits per heavy atom. The Morgan fingerprint density at radius 3 is 2.74 bits per heavy atom. The Bertz CT molecular complexity index is 350. The highest BCUT2D eigenvalue weighted by atomic mass is 15.1. The maximum atomic E-state index is 6.33. The van der Waals surface area contributed by atoms with Crippen LogP contribution in [-0.2, 0) is 0 Å². The van der Waals surface area contributed by atoms with Crippen molar-refractivity contribution in [1.82, 2.24) is 4.90 Å². The molecule has 0 aromatic heterocycles. The third kappa shape index (κ3) is 4.63. The van der Waals surface area contributed by atoms with Gasteiger partial charge in [-0.2, -0.15) is 0 Å². The number of nitrogens with two attached hydrogens (primary N) is 1. The minimum absolute atomic E-state index is 0.156. The maximum absolute atomic E-state index is 6.33. The first kappa shape index (κ1) is 14.5. The van der Waals surface area contributed by atoms with Gasteiger partial charge in [-0.25, -0.2) is 0 Å². The van der Waals surface area contributed by atoms with Crippen LogP contribution in [0.1, 0.15) is 50.6 Å². The van der Waals surface area contributed by atoms with Crippen molar-refractivity contribution in [3.05, 3.63) is 35.9 Å². The average Bonchev–Trinajstić information content (AvgIpc) is 2.66. The molecule has 0 saturated carbocycles. The first-order valence-electron chi connectivity index (χ1n) is 7.82. The molecule has 0 bridgehead atoms. The number of benzene rings is 1. The lowest BCUT2D eigenvalue weighted by Gasteiger charge is -2.24. The van der Waals surface area contributed by atoms with Gasteiger partial charge in [-0.05, 0) is 43.8 Å². The van der Waals surface area contributed by atoms with Crippen LogP contribution in [0.15, 0.2) is 30.3 Å². The molecule has 0 spiro atoms. The lowest BCUT2D eigenvalue weighted by atomic mass is 9.96. The average molecular weight is 260 g/mol. The molecule has 2 heteroatoms. The van der Waals surface area contributed by atoms with E-state index in [4.69, 9.17) is 5.73 Å². The molecule has 106 valence electrons. The third-order valence-corrected chi connectivity index (χ3v) is 4.32. The first-order chi connectivity index (χ1) is 9.29. The Balaban J connectivity index is 1.83. The van der Waals surface area contributed by atoms with Crippen LogP contribution in [0, 0.1) is 5.92 Å². The van der Waals surface area contributed by atoms with E-state index in [1.165, 1.54) is 50.8 Å². The largest absolute Gasteiger partial charge is 0.323 e. The van der Waals surface area contributed by atoms with Gasteiger partial charge in [-0.1, -0.05) is 50.1 Å². The number of likely N-dealkylation sites (tertiary alicyclic amines) is 1. The normalized spacial score (nSPS) is 22.9. The van der Waals surface area contributed by atoms with Gasteiger partial charge in [0.15, 0.2) is 0 Å². The summed E-state index contributed by atoms with van der Waals surface area (Å²) >= 11 is 0. The molecular formula is C17H28N2. The van der Waals surface area contributed by atoms with Crippen molar-refractivity contribution in [3.63, 3.8) is 0 Å². The summed E-state index contributed by atoms with van der Waals surface area (Å²) in [5, 5.41) is 0. The van der Waals surface area contributed by atoms with E-state index >= 15 is 0 Å². The SMILES string of the molecule is CCCC1CCCN(CC(N)c2ccccc2)CC1. The number of hydrogen-bond donors (Lipinski definition) is 1. The van der Waals surface area contributed by atoms with Crippen LogP contribution in [0.2, 0.25) is 0 Å². The standard InChI is InChI=1S/C17H28N2/c1-2-7-15-8-6-12-19(13-11-15)14-17(18)16-9-4-3-5-10-16/h3-5,9-10,15,17H,2,6-8,11-14,18H2,1H3. The van der Waals surface area contributed by atoms with E-state index in [-0.39, 0.29) is 6.04 Å². The van der Waals surface area contributed by atoms with Crippen molar-refractivity contribution in [2.45, 2.75) is 45.1 Å². The van der Waals surface area contributed by atoms with Gasteiger partial charge in [-0.15, -0.1) is 0 Å². The van der Waals surface area contributed by atoms with Gasteiger partial charge in [0.25, 0.3) is 0 Å². The zero-order chi connectivity index (χ0) is 13.5. The van der Waals surface area contributed by atoms with E-state index in [2.05, 4.69) is 42.2 Å². The molecule has 2 rings (SSSR count). The second-order valence-corrected chi connectivity index (χ2v) is 5.90. The highest BCUT2D eigenvalue weighted by Gasteiger charge is 2.18. The fourth-order valence-corrected chi connectivity index (χ4v) is 3.19. The van der Waals surface area contributed by atoms with E-state index in [9.17, 15) is 0 Å². The minimum Gasteiger partial charge on any atom is -0.323 e. The molecule has 1 aliphatic rings. The summed E-state index contributed by atoms with van der Waals surface area (Å²) in [5.41, 5.74) is 7.59. The first-order valence-corrected chi connectivity index (χ1v) is 7.82. The van der Waals surface area contributed by atoms with Crippen LogP contribution >= 0.6 is 0 Å². The van der Waals surface area contributed by atoms with Crippen molar-refractivity contribution >= 4 is 0 Å². The van der Waals surface area contributed by atoms with Gasteiger partial charge in [0, 0.05) is 12.6 Å². The molecule has 2 unspecified atom stereocenters. The lowest BCUT2D eigenvalue weighted by molar-refractivity contribution is 0.263. The predicted molar refractivity (Wildman–Crippen MR) is 82.1 cm³/mol. The van der Waals surface area contributed by atoms with Crippen molar-refractivity contribution in [2.24, 2.45) is 11.7 Å². The van der Waals surface area contributed by atoms with E-state index in [0.717, 1.165) is 12.5 Å². The van der Waals surface area contributed by atoms with Crippen molar-refractivity contribution < 1.29 is 0 Å². The molecule has 1 aromatic rings. The summed E-state index contributed by atoms with van der Waals surface area (Å²) < 4.78 is 0. The maximum Gasteiger partial charge on any atom is 0.0424 e. The summed E-state index contributed by atoms with van der Waals surface area (Å²) in [4.78, 5) is 2.56. The molecule has 19 heavy (non-hydrogen) atoms. The second-order valence-electron chi connectivity index (χ2n) is 5.90. The van der Waals surface area contributed by atoms with Crippen molar-refractivity contribution in [3.8, 4) is 0 Å². The monoisotopic (exact) mass is 260 g/mol. The summed E-state index contributed by atoms with van der Waals surface area (Å²) in [7, 11) is 0. The molecule has 0 amide bonds. The van der Waals surface area contributed by atoms with Crippen LogP contribution in [0.25, 0.3) is 0 Å². The van der Waals surface area contributed by atoms with Crippen LogP contribution in [-0.4, -0.2) is 24.5 Å². The molecule has 2 atom stereocenters. The number of rotatable bonds is 5. The zero-order valence-corrected chi connectivity index (χ0v) is 12.2. The summed E-state index contributed by atoms with van der Waals surface area (Å²) in [6, 6.07) is 10.6. The minimum atomic E-state index is 0.156. The highest BCUT2D eigenvalue weighted by molar-refractivity contribution is 5.18. The molecule has 0 aliphatic carbocycles. The van der Waals surface area contributed by atoms with Crippen LogP contribution < -0.4 is 5.73 Å². The van der Waals surface area contributed by atoms with Crippen molar-refractivity contribution in [2.75, 3.05) is 19.6 Å². The van der Waals surface area contributed by atoms with Gasteiger partial charge >= 0.3 is 0 Å². The van der Waals surface area contributed by atoms with Gasteiger partial charge in [0.2, 0.25) is 0 Å². The van der Waals surface area contributed by atoms with Gasteiger partial charge in [0.05, 0.1) is 0 Å². The Kier molecular flexibility index (Phi) is 5.87. The zero-order valence-electron chi connectivity index (χ0n) is 12.2. The quantitative estimate of drug-likeness (QED) is 0.876. The van der Waals surface area contributed by atoms with Gasteiger partial charge in [0.1, 0.15) is 0 Å². The van der Waals surface area contributed by atoms with Gasteiger partial charge in [-0.3, -0.25) is 0 Å². The van der Waals surface area contributed by atoms with E-state index in [1.54, 1.807) is 0 Å². The molecule has 1 heterocycles. The molecule has 1 aromatic carbocycles. The smallest absolute Gasteiger partial charge is 0.0424 e. The summed E-state index contributed by atoms with van der Waals surface area (Å²) in [6.07, 6.45) is 6.83. The molecule has 2 nitrogen and oxygen atoms in total. The Labute approximate surface area is 118 Å². The fourth-order valence-electron chi connectivity index (χ4n) is 3.19. The topological polar surface area (TPSA) is 29.3 Å². The highest BCUT2D eigenvalue weighted by Crippen LogP contribution is 2.23. The lowest BCUT2D eigenvalue weighted by Crippen LogP contribution is -2.33. The second kappa shape index (κ2) is 7.66. The number of nitrogens with zero attached hydrogens (tertiary/aromatic N) is 1. The van der Waals surface area contributed by atoms with Crippen LogP contribution in [0.4, 0.5) is 0 Å². The fraction of sp³-hybridized carbons (Fsp3) is 0.647. The molecular weight excluding hydrogens is 232 g/mol. The summed E-state index contributed by atoms with van der Waals surface area (Å²) in [6.45, 7) is 5.75. The Morgan fingerprint density at radius 2 is 2.00 bits per heavy atom. The van der Waals surface area contributed by atoms with Crippen molar-refractivity contribution in [1.29, 1.82) is 0 Å².